The van der Waals surface area contributed by atoms with Crippen LogP contribution in [0.15, 0.2) is 23.7 Å². The summed E-state index contributed by atoms with van der Waals surface area (Å²) in [5.74, 6) is 1.75. The predicted octanol–water partition coefficient (Wildman–Crippen LogP) is 2.90. The molecule has 2 aromatic rings. The Morgan fingerprint density at radius 3 is 2.64 bits per heavy atom. The Kier molecular flexibility index (Phi) is 3.33. The van der Waals surface area contributed by atoms with Crippen molar-refractivity contribution in [2.24, 2.45) is 0 Å². The lowest BCUT2D eigenvalue weighted by Gasteiger charge is -2.36. The summed E-state index contributed by atoms with van der Waals surface area (Å²) in [5.41, 5.74) is 2.42. The predicted molar refractivity (Wildman–Crippen MR) is 88.4 cm³/mol. The van der Waals surface area contributed by atoms with Gasteiger partial charge in [-0.05, 0) is 19.1 Å². The first kappa shape index (κ1) is 13.7. The molecule has 0 N–H and O–H groups in total. The molecule has 2 aliphatic rings. The molecule has 1 aromatic carbocycles. The third-order valence-electron chi connectivity index (χ3n) is 4.23. The molecule has 0 spiro atoms. The van der Waals surface area contributed by atoms with Crippen LogP contribution < -0.4 is 19.3 Å². The maximum absolute atomic E-state index is 5.78. The molecule has 0 amide bonds. The van der Waals surface area contributed by atoms with Crippen LogP contribution >= 0.6 is 11.3 Å². The molecule has 1 saturated heterocycles. The van der Waals surface area contributed by atoms with E-state index in [0.29, 0.717) is 0 Å². The number of rotatable bonds is 2. The summed E-state index contributed by atoms with van der Waals surface area (Å²) in [4.78, 5) is 9.18. The molecule has 0 radical (unpaired) electrons. The number of piperazine rings is 1. The highest BCUT2D eigenvalue weighted by Gasteiger charge is 2.26. The lowest BCUT2D eigenvalue weighted by atomic mass is 10.1. The van der Waals surface area contributed by atoms with Gasteiger partial charge >= 0.3 is 0 Å². The second-order valence-electron chi connectivity index (χ2n) is 5.63. The van der Waals surface area contributed by atoms with Gasteiger partial charge in [-0.3, -0.25) is 0 Å². The van der Waals surface area contributed by atoms with Gasteiger partial charge in [0.15, 0.2) is 16.6 Å². The number of benzene rings is 1. The molecule has 6 heteroatoms. The molecule has 1 atom stereocenters. The average Bonchev–Trinajstić information content (AvgIpc) is 3.17. The molecule has 2 aliphatic heterocycles. The molecule has 4 rings (SSSR count). The largest absolute Gasteiger partial charge is 0.451 e. The fourth-order valence-electron chi connectivity index (χ4n) is 3.12. The Morgan fingerprint density at radius 2 is 1.91 bits per heavy atom. The fraction of sp³-hybridized carbons (Fsp3) is 0.438. The third-order valence-corrected chi connectivity index (χ3v) is 5.06. The first-order chi connectivity index (χ1) is 10.7. The number of ether oxygens (including phenoxy) is 2. The molecular weight excluding hydrogens is 298 g/mol. The van der Waals surface area contributed by atoms with E-state index in [1.807, 2.05) is 24.6 Å². The third kappa shape index (κ3) is 2.27. The van der Waals surface area contributed by atoms with Crippen LogP contribution in [0.25, 0.3) is 0 Å². The van der Waals surface area contributed by atoms with Crippen LogP contribution in [0.1, 0.15) is 12.5 Å². The van der Waals surface area contributed by atoms with Crippen LogP contribution in [0.5, 0.6) is 11.5 Å². The number of hydrogen-bond donors (Lipinski definition) is 0. The second kappa shape index (κ2) is 5.35. The van der Waals surface area contributed by atoms with Crippen molar-refractivity contribution >= 4 is 22.2 Å². The Hall–Kier alpha value is -1.95. The van der Waals surface area contributed by atoms with Crippen LogP contribution in [0.2, 0.25) is 0 Å². The van der Waals surface area contributed by atoms with Crippen molar-refractivity contribution in [2.75, 3.05) is 36.0 Å². The van der Waals surface area contributed by atoms with Crippen molar-refractivity contribution in [2.45, 2.75) is 20.1 Å². The monoisotopic (exact) mass is 317 g/mol. The minimum atomic E-state index is -0.189. The Labute approximate surface area is 134 Å². The van der Waals surface area contributed by atoms with E-state index in [0.717, 1.165) is 42.8 Å². The number of hydrogen-bond acceptors (Lipinski definition) is 6. The van der Waals surface area contributed by atoms with Crippen LogP contribution in [-0.2, 0) is 0 Å². The Balaban J connectivity index is 1.51. The van der Waals surface area contributed by atoms with Crippen LogP contribution in [-0.4, -0.2) is 37.5 Å². The molecular formula is C16H19N3O2S. The van der Waals surface area contributed by atoms with Gasteiger partial charge < -0.3 is 19.3 Å². The maximum Gasteiger partial charge on any atom is 0.238 e. The van der Waals surface area contributed by atoms with Crippen molar-refractivity contribution < 1.29 is 9.47 Å². The fourth-order valence-corrected chi connectivity index (χ4v) is 3.81. The van der Waals surface area contributed by atoms with Crippen LogP contribution in [0.4, 0.5) is 10.8 Å². The summed E-state index contributed by atoms with van der Waals surface area (Å²) < 4.78 is 11.4. The number of nitrogens with zero attached hydrogens (tertiary/aromatic N) is 3. The quantitative estimate of drug-likeness (QED) is 0.851. The zero-order valence-electron chi connectivity index (χ0n) is 12.8. The molecule has 1 fully saturated rings. The molecule has 5 nitrogen and oxygen atoms in total. The standard InChI is InChI=1S/C16H19N3O2S/c1-11-13(3-4-14-15(11)21-12(2)20-14)18-6-8-19(9-7-18)16-17-5-10-22-16/h3-5,10,12H,6-9H2,1-2H3. The van der Waals surface area contributed by atoms with Crippen molar-refractivity contribution in [1.29, 1.82) is 0 Å². The summed E-state index contributed by atoms with van der Waals surface area (Å²) in [7, 11) is 0. The van der Waals surface area contributed by atoms with Crippen LogP contribution in [0.3, 0.4) is 0 Å². The first-order valence-electron chi connectivity index (χ1n) is 7.58. The van der Waals surface area contributed by atoms with E-state index in [1.54, 1.807) is 11.3 Å². The van der Waals surface area contributed by atoms with Gasteiger partial charge in [-0.2, -0.15) is 0 Å². The minimum absolute atomic E-state index is 0.189. The molecule has 0 aliphatic carbocycles. The summed E-state index contributed by atoms with van der Waals surface area (Å²) in [6, 6.07) is 4.17. The number of aromatic nitrogens is 1. The first-order valence-corrected chi connectivity index (χ1v) is 8.46. The van der Waals surface area contributed by atoms with Crippen molar-refractivity contribution in [3.63, 3.8) is 0 Å². The molecule has 3 heterocycles. The Morgan fingerprint density at radius 1 is 1.14 bits per heavy atom. The zero-order valence-corrected chi connectivity index (χ0v) is 13.6. The smallest absolute Gasteiger partial charge is 0.238 e. The average molecular weight is 317 g/mol. The van der Waals surface area contributed by atoms with Crippen molar-refractivity contribution in [3.05, 3.63) is 29.3 Å². The van der Waals surface area contributed by atoms with Gasteiger partial charge in [-0.1, -0.05) is 0 Å². The topological polar surface area (TPSA) is 37.8 Å². The van der Waals surface area contributed by atoms with Gasteiger partial charge in [0.25, 0.3) is 0 Å². The van der Waals surface area contributed by atoms with Gasteiger partial charge in [0, 0.05) is 55.9 Å². The van der Waals surface area contributed by atoms with E-state index in [-0.39, 0.29) is 6.29 Å². The summed E-state index contributed by atoms with van der Waals surface area (Å²) in [6.45, 7) is 8.02. The summed E-state index contributed by atoms with van der Waals surface area (Å²) in [5, 5.41) is 3.15. The molecule has 1 aromatic heterocycles. The number of fused-ring (bicyclic) bond motifs is 1. The zero-order chi connectivity index (χ0) is 15.1. The summed E-state index contributed by atoms with van der Waals surface area (Å²) in [6.07, 6.45) is 1.68. The molecule has 22 heavy (non-hydrogen) atoms. The van der Waals surface area contributed by atoms with E-state index in [2.05, 4.69) is 27.8 Å². The highest BCUT2D eigenvalue weighted by molar-refractivity contribution is 7.13. The van der Waals surface area contributed by atoms with E-state index in [1.165, 1.54) is 11.3 Å². The molecule has 1 unspecified atom stereocenters. The maximum atomic E-state index is 5.78. The molecule has 0 saturated carbocycles. The normalized spacial score (nSPS) is 20.5. The lowest BCUT2D eigenvalue weighted by Crippen LogP contribution is -2.46. The van der Waals surface area contributed by atoms with E-state index < -0.39 is 0 Å². The van der Waals surface area contributed by atoms with Gasteiger partial charge in [0.2, 0.25) is 6.29 Å². The van der Waals surface area contributed by atoms with E-state index in [9.17, 15) is 0 Å². The minimum Gasteiger partial charge on any atom is -0.451 e. The molecule has 0 bridgehead atoms. The summed E-state index contributed by atoms with van der Waals surface area (Å²) >= 11 is 1.71. The van der Waals surface area contributed by atoms with E-state index in [4.69, 9.17) is 9.47 Å². The van der Waals surface area contributed by atoms with Gasteiger partial charge in [-0.25, -0.2) is 4.98 Å². The number of thiazole rings is 1. The SMILES string of the molecule is Cc1c(N2CCN(c3nccs3)CC2)ccc2c1OC(C)O2. The molecule has 116 valence electrons. The second-order valence-corrected chi connectivity index (χ2v) is 6.50. The highest BCUT2D eigenvalue weighted by atomic mass is 32.1. The highest BCUT2D eigenvalue weighted by Crippen LogP contribution is 2.42. The lowest BCUT2D eigenvalue weighted by molar-refractivity contribution is 0.0675. The van der Waals surface area contributed by atoms with E-state index >= 15 is 0 Å². The Bertz CT molecular complexity index is 666. The van der Waals surface area contributed by atoms with Crippen molar-refractivity contribution in [1.82, 2.24) is 4.98 Å². The van der Waals surface area contributed by atoms with Gasteiger partial charge in [0.05, 0.1) is 0 Å². The van der Waals surface area contributed by atoms with Crippen molar-refractivity contribution in [3.8, 4) is 11.5 Å². The van der Waals surface area contributed by atoms with Crippen LogP contribution in [0, 0.1) is 6.92 Å². The van der Waals surface area contributed by atoms with Gasteiger partial charge in [-0.15, -0.1) is 11.3 Å². The van der Waals surface area contributed by atoms with Gasteiger partial charge in [0.1, 0.15) is 0 Å². The number of anilines is 2.